The lowest BCUT2D eigenvalue weighted by Crippen LogP contribution is -2.01. The molecule has 0 unspecified atom stereocenters. The molecular formula is C14H15N3O2. The molecule has 2 heterocycles. The number of rotatable bonds is 3. The van der Waals surface area contributed by atoms with E-state index < -0.39 is 0 Å². The highest BCUT2D eigenvalue weighted by Gasteiger charge is 2.09. The Labute approximate surface area is 110 Å². The van der Waals surface area contributed by atoms with Crippen LogP contribution in [0.15, 0.2) is 27.1 Å². The molecule has 5 nitrogen and oxygen atoms in total. The van der Waals surface area contributed by atoms with Gasteiger partial charge in [0.15, 0.2) is 11.5 Å². The minimum atomic E-state index is 0.679. The third-order valence-electron chi connectivity index (χ3n) is 3.15. The van der Waals surface area contributed by atoms with Crippen LogP contribution in [0, 0.1) is 20.8 Å². The van der Waals surface area contributed by atoms with Gasteiger partial charge in [0.1, 0.15) is 11.3 Å². The average molecular weight is 257 g/mol. The first-order valence-corrected chi connectivity index (χ1v) is 6.16. The fourth-order valence-electron chi connectivity index (χ4n) is 2.10. The van der Waals surface area contributed by atoms with Gasteiger partial charge in [0.05, 0.1) is 5.69 Å². The van der Waals surface area contributed by atoms with Crippen LogP contribution < -0.4 is 5.32 Å². The molecule has 98 valence electrons. The average Bonchev–Trinajstić information content (AvgIpc) is 2.89. The molecule has 3 aromatic rings. The zero-order chi connectivity index (χ0) is 13.4. The summed E-state index contributed by atoms with van der Waals surface area (Å²) in [5.41, 5.74) is 4.68. The Morgan fingerprint density at radius 2 is 2.05 bits per heavy atom. The molecule has 0 amide bonds. The monoisotopic (exact) mass is 257 g/mol. The Kier molecular flexibility index (Phi) is 2.74. The number of aryl methyl sites for hydroxylation is 3. The lowest BCUT2D eigenvalue weighted by atomic mass is 10.2. The molecule has 5 heteroatoms. The van der Waals surface area contributed by atoms with E-state index in [0.29, 0.717) is 12.4 Å². The lowest BCUT2D eigenvalue weighted by molar-refractivity contribution is 0.392. The summed E-state index contributed by atoms with van der Waals surface area (Å²) in [5, 5.41) is 7.29. The molecule has 0 radical (unpaired) electrons. The second-order valence-corrected chi connectivity index (χ2v) is 4.57. The maximum Gasteiger partial charge on any atom is 0.192 e. The van der Waals surface area contributed by atoms with Gasteiger partial charge in [-0.2, -0.15) is 0 Å². The Morgan fingerprint density at radius 3 is 2.79 bits per heavy atom. The van der Waals surface area contributed by atoms with Gasteiger partial charge in [0.2, 0.25) is 0 Å². The van der Waals surface area contributed by atoms with Crippen molar-refractivity contribution in [1.29, 1.82) is 0 Å². The van der Waals surface area contributed by atoms with Crippen LogP contribution in [0.4, 0.5) is 5.69 Å². The second-order valence-electron chi connectivity index (χ2n) is 4.57. The number of nitrogens with one attached hydrogen (secondary N) is 1. The van der Waals surface area contributed by atoms with Crippen molar-refractivity contribution < 1.29 is 8.94 Å². The Bertz CT molecular complexity index is 708. The van der Waals surface area contributed by atoms with Crippen LogP contribution in [0.2, 0.25) is 0 Å². The maximum absolute atomic E-state index is 5.45. The molecule has 0 aliphatic carbocycles. The van der Waals surface area contributed by atoms with Gasteiger partial charge < -0.3 is 14.3 Å². The molecule has 0 aliphatic rings. The highest BCUT2D eigenvalue weighted by Crippen LogP contribution is 2.21. The van der Waals surface area contributed by atoms with Crippen LogP contribution in [0.3, 0.4) is 0 Å². The Balaban J connectivity index is 1.81. The first kappa shape index (κ1) is 11.8. The molecular weight excluding hydrogens is 242 g/mol. The van der Waals surface area contributed by atoms with E-state index in [1.54, 1.807) is 0 Å². The van der Waals surface area contributed by atoms with Crippen LogP contribution >= 0.6 is 0 Å². The SMILES string of the molecule is Cc1nc2cc(NCc3c(C)noc3C)ccc2o1. The molecule has 0 saturated carbocycles. The third-order valence-corrected chi connectivity index (χ3v) is 3.15. The number of oxazole rings is 1. The molecule has 0 atom stereocenters. The number of anilines is 1. The van der Waals surface area contributed by atoms with Crippen molar-refractivity contribution in [1.82, 2.24) is 10.1 Å². The van der Waals surface area contributed by atoms with Gasteiger partial charge in [-0.3, -0.25) is 0 Å². The zero-order valence-corrected chi connectivity index (χ0v) is 11.2. The Hall–Kier alpha value is -2.30. The summed E-state index contributed by atoms with van der Waals surface area (Å²) < 4.78 is 10.6. The van der Waals surface area contributed by atoms with E-state index in [1.165, 1.54) is 0 Å². The van der Waals surface area contributed by atoms with Crippen LogP contribution in [-0.4, -0.2) is 10.1 Å². The predicted octanol–water partition coefficient (Wildman–Crippen LogP) is 3.35. The van der Waals surface area contributed by atoms with Crippen molar-refractivity contribution in [2.45, 2.75) is 27.3 Å². The normalized spacial score (nSPS) is 11.1. The lowest BCUT2D eigenvalue weighted by Gasteiger charge is -2.05. The summed E-state index contributed by atoms with van der Waals surface area (Å²) in [6.45, 7) is 6.39. The molecule has 1 aromatic carbocycles. The minimum absolute atomic E-state index is 0.679. The number of fused-ring (bicyclic) bond motifs is 1. The van der Waals surface area contributed by atoms with Crippen molar-refractivity contribution >= 4 is 16.8 Å². The molecule has 2 aromatic heterocycles. The van der Waals surface area contributed by atoms with Crippen LogP contribution in [0.1, 0.15) is 22.9 Å². The van der Waals surface area contributed by atoms with E-state index in [-0.39, 0.29) is 0 Å². The van der Waals surface area contributed by atoms with E-state index in [2.05, 4.69) is 15.5 Å². The van der Waals surface area contributed by atoms with E-state index in [4.69, 9.17) is 8.94 Å². The number of hydrogen-bond acceptors (Lipinski definition) is 5. The summed E-state index contributed by atoms with van der Waals surface area (Å²) in [5.74, 6) is 1.53. The smallest absolute Gasteiger partial charge is 0.192 e. The number of nitrogens with zero attached hydrogens (tertiary/aromatic N) is 2. The largest absolute Gasteiger partial charge is 0.441 e. The van der Waals surface area contributed by atoms with Crippen molar-refractivity contribution in [3.63, 3.8) is 0 Å². The molecule has 0 bridgehead atoms. The number of hydrogen-bond donors (Lipinski definition) is 1. The zero-order valence-electron chi connectivity index (χ0n) is 11.2. The van der Waals surface area contributed by atoms with Crippen LogP contribution in [0.5, 0.6) is 0 Å². The molecule has 19 heavy (non-hydrogen) atoms. The summed E-state index contributed by atoms with van der Waals surface area (Å²) >= 11 is 0. The number of benzene rings is 1. The van der Waals surface area contributed by atoms with Crippen molar-refractivity contribution in [2.75, 3.05) is 5.32 Å². The molecule has 0 spiro atoms. The van der Waals surface area contributed by atoms with Gasteiger partial charge in [0, 0.05) is 24.7 Å². The van der Waals surface area contributed by atoms with E-state index in [9.17, 15) is 0 Å². The van der Waals surface area contributed by atoms with E-state index in [1.807, 2.05) is 39.0 Å². The maximum atomic E-state index is 5.45. The quantitative estimate of drug-likeness (QED) is 0.779. The fourth-order valence-corrected chi connectivity index (χ4v) is 2.10. The summed E-state index contributed by atoms with van der Waals surface area (Å²) in [6.07, 6.45) is 0. The van der Waals surface area contributed by atoms with Gasteiger partial charge in [-0.1, -0.05) is 5.16 Å². The molecule has 3 rings (SSSR count). The molecule has 0 fully saturated rings. The van der Waals surface area contributed by atoms with Gasteiger partial charge >= 0.3 is 0 Å². The summed E-state index contributed by atoms with van der Waals surface area (Å²) in [7, 11) is 0. The first-order chi connectivity index (χ1) is 9.13. The second kappa shape index (κ2) is 4.42. The predicted molar refractivity (Wildman–Crippen MR) is 72.0 cm³/mol. The van der Waals surface area contributed by atoms with Crippen molar-refractivity contribution in [2.24, 2.45) is 0 Å². The van der Waals surface area contributed by atoms with Gasteiger partial charge in [0.25, 0.3) is 0 Å². The van der Waals surface area contributed by atoms with Gasteiger partial charge in [-0.25, -0.2) is 4.98 Å². The van der Waals surface area contributed by atoms with E-state index >= 15 is 0 Å². The highest BCUT2D eigenvalue weighted by atomic mass is 16.5. The van der Waals surface area contributed by atoms with E-state index in [0.717, 1.165) is 33.8 Å². The fraction of sp³-hybridized carbons (Fsp3) is 0.286. The summed E-state index contributed by atoms with van der Waals surface area (Å²) in [4.78, 5) is 4.32. The molecule has 1 N–H and O–H groups in total. The third kappa shape index (κ3) is 2.19. The first-order valence-electron chi connectivity index (χ1n) is 6.16. The van der Waals surface area contributed by atoms with Crippen LogP contribution in [0.25, 0.3) is 11.1 Å². The van der Waals surface area contributed by atoms with Crippen molar-refractivity contribution in [3.8, 4) is 0 Å². The molecule has 0 aliphatic heterocycles. The Morgan fingerprint density at radius 1 is 1.21 bits per heavy atom. The van der Waals surface area contributed by atoms with Gasteiger partial charge in [-0.15, -0.1) is 0 Å². The number of aromatic nitrogens is 2. The van der Waals surface area contributed by atoms with Crippen molar-refractivity contribution in [3.05, 3.63) is 41.1 Å². The summed E-state index contributed by atoms with van der Waals surface area (Å²) in [6, 6.07) is 5.88. The highest BCUT2D eigenvalue weighted by molar-refractivity contribution is 5.77. The van der Waals surface area contributed by atoms with Crippen LogP contribution in [-0.2, 0) is 6.54 Å². The van der Waals surface area contributed by atoms with Gasteiger partial charge in [-0.05, 0) is 32.0 Å². The molecule has 0 saturated heterocycles. The minimum Gasteiger partial charge on any atom is -0.441 e. The topological polar surface area (TPSA) is 64.1 Å². The standard InChI is InChI=1S/C14H15N3O2/c1-8-12(9(2)19-17-8)7-15-11-4-5-14-13(6-11)16-10(3)18-14/h4-6,15H,7H2,1-3H3.